The Balaban J connectivity index is 1.84. The zero-order valence-corrected chi connectivity index (χ0v) is 15.2. The van der Waals surface area contributed by atoms with E-state index in [1.165, 1.54) is 6.92 Å². The molecule has 2 rings (SSSR count). The van der Waals surface area contributed by atoms with E-state index in [2.05, 4.69) is 10.6 Å². The van der Waals surface area contributed by atoms with Gasteiger partial charge in [-0.25, -0.2) is 0 Å². The monoisotopic (exact) mass is 402 g/mol. The van der Waals surface area contributed by atoms with Gasteiger partial charge in [-0.05, 0) is 25.0 Å². The number of anilines is 1. The lowest BCUT2D eigenvalue weighted by Crippen LogP contribution is -2.43. The number of piperidine rings is 1. The molecule has 0 bridgehead atoms. The van der Waals surface area contributed by atoms with Crippen LogP contribution in [-0.4, -0.2) is 47.8 Å². The van der Waals surface area contributed by atoms with Gasteiger partial charge < -0.3 is 15.5 Å². The predicted molar refractivity (Wildman–Crippen MR) is 94.6 cm³/mol. The highest BCUT2D eigenvalue weighted by atomic mass is 19.4. The summed E-state index contributed by atoms with van der Waals surface area (Å²) in [7, 11) is 0. The molecule has 2 amide bonds. The van der Waals surface area contributed by atoms with Gasteiger partial charge >= 0.3 is 6.18 Å². The van der Waals surface area contributed by atoms with Crippen LogP contribution >= 0.6 is 0 Å². The fourth-order valence-corrected chi connectivity index (χ4v) is 2.99. The number of carbonyl (C=O) groups is 2. The number of alkyl halides is 3. The summed E-state index contributed by atoms with van der Waals surface area (Å²) in [5, 5.41) is 16.4. The molecule has 1 saturated heterocycles. The standard InChI is InChI=1S/C17H21F3N4O4/c1-11(25)23-8-4-12(5-9-23)16(26)22-7-6-21-14-3-2-13(17(18,19)20)10-15(14)24(27)28/h2-3,10,12,21H,4-9H2,1H3,(H,22,26). The Kier molecular flexibility index (Phi) is 6.81. The van der Waals surface area contributed by atoms with Gasteiger partial charge in [-0.2, -0.15) is 13.2 Å². The van der Waals surface area contributed by atoms with Crippen molar-refractivity contribution in [1.29, 1.82) is 0 Å². The fourth-order valence-electron chi connectivity index (χ4n) is 2.99. The van der Waals surface area contributed by atoms with Crippen LogP contribution in [0.5, 0.6) is 0 Å². The molecule has 1 aromatic rings. The molecular formula is C17H21F3N4O4. The van der Waals surface area contributed by atoms with Crippen molar-refractivity contribution in [3.63, 3.8) is 0 Å². The number of benzene rings is 1. The maximum atomic E-state index is 12.7. The van der Waals surface area contributed by atoms with Gasteiger partial charge in [0.25, 0.3) is 5.69 Å². The van der Waals surface area contributed by atoms with Gasteiger partial charge in [0.1, 0.15) is 5.69 Å². The third-order valence-electron chi connectivity index (χ3n) is 4.57. The highest BCUT2D eigenvalue weighted by Gasteiger charge is 2.33. The van der Waals surface area contributed by atoms with Crippen molar-refractivity contribution in [2.45, 2.75) is 25.9 Å². The average Bonchev–Trinajstić information content (AvgIpc) is 2.64. The van der Waals surface area contributed by atoms with Crippen molar-refractivity contribution in [2.75, 3.05) is 31.5 Å². The molecule has 11 heteroatoms. The number of carbonyl (C=O) groups excluding carboxylic acids is 2. The number of nitrogens with one attached hydrogen (secondary N) is 2. The lowest BCUT2D eigenvalue weighted by Gasteiger charge is -2.30. The Hall–Kier alpha value is -2.85. The second kappa shape index (κ2) is 8.89. The van der Waals surface area contributed by atoms with Crippen LogP contribution in [0, 0.1) is 16.0 Å². The van der Waals surface area contributed by atoms with Gasteiger partial charge in [0.2, 0.25) is 11.8 Å². The topological polar surface area (TPSA) is 105 Å². The van der Waals surface area contributed by atoms with E-state index in [9.17, 15) is 32.9 Å². The van der Waals surface area contributed by atoms with Gasteiger partial charge in [-0.3, -0.25) is 19.7 Å². The normalized spacial score (nSPS) is 15.2. The molecule has 2 N–H and O–H groups in total. The van der Waals surface area contributed by atoms with Crippen molar-refractivity contribution >= 4 is 23.2 Å². The van der Waals surface area contributed by atoms with E-state index in [4.69, 9.17) is 0 Å². The molecule has 0 aromatic heterocycles. The zero-order valence-electron chi connectivity index (χ0n) is 15.2. The number of amides is 2. The number of hydrogen-bond donors (Lipinski definition) is 2. The quantitative estimate of drug-likeness (QED) is 0.432. The molecule has 1 aliphatic rings. The molecule has 1 aliphatic heterocycles. The van der Waals surface area contributed by atoms with Gasteiger partial charge in [0, 0.05) is 45.1 Å². The van der Waals surface area contributed by atoms with E-state index in [1.807, 2.05) is 0 Å². The second-order valence-electron chi connectivity index (χ2n) is 6.48. The van der Waals surface area contributed by atoms with Crippen LogP contribution < -0.4 is 10.6 Å². The number of likely N-dealkylation sites (tertiary alicyclic amines) is 1. The summed E-state index contributed by atoms with van der Waals surface area (Å²) < 4.78 is 38.1. The van der Waals surface area contributed by atoms with Crippen molar-refractivity contribution in [1.82, 2.24) is 10.2 Å². The first-order chi connectivity index (χ1) is 13.1. The summed E-state index contributed by atoms with van der Waals surface area (Å²) in [6.45, 7) is 2.79. The van der Waals surface area contributed by atoms with Crippen molar-refractivity contribution < 1.29 is 27.7 Å². The number of nitrogens with zero attached hydrogens (tertiary/aromatic N) is 2. The minimum Gasteiger partial charge on any atom is -0.378 e. The SMILES string of the molecule is CC(=O)N1CCC(C(=O)NCCNc2ccc(C(F)(F)F)cc2[N+](=O)[O-])CC1. The largest absolute Gasteiger partial charge is 0.416 e. The average molecular weight is 402 g/mol. The van der Waals surface area contributed by atoms with Crippen molar-refractivity contribution in [3.05, 3.63) is 33.9 Å². The lowest BCUT2D eigenvalue weighted by molar-refractivity contribution is -0.384. The number of nitro groups is 1. The summed E-state index contributed by atoms with van der Waals surface area (Å²) in [6.07, 6.45) is -3.55. The van der Waals surface area contributed by atoms with E-state index in [1.54, 1.807) is 4.90 Å². The maximum absolute atomic E-state index is 12.7. The third-order valence-corrected chi connectivity index (χ3v) is 4.57. The molecular weight excluding hydrogens is 381 g/mol. The molecule has 0 spiro atoms. The van der Waals surface area contributed by atoms with E-state index >= 15 is 0 Å². The van der Waals surface area contributed by atoms with Crippen molar-refractivity contribution in [2.24, 2.45) is 5.92 Å². The van der Waals surface area contributed by atoms with Gasteiger partial charge in [0.05, 0.1) is 10.5 Å². The smallest absolute Gasteiger partial charge is 0.378 e. The molecule has 0 saturated carbocycles. The van der Waals surface area contributed by atoms with Gasteiger partial charge in [-0.15, -0.1) is 0 Å². The summed E-state index contributed by atoms with van der Waals surface area (Å²) >= 11 is 0. The molecule has 0 radical (unpaired) electrons. The molecule has 154 valence electrons. The Morgan fingerprint density at radius 2 is 1.89 bits per heavy atom. The molecule has 28 heavy (non-hydrogen) atoms. The highest BCUT2D eigenvalue weighted by Crippen LogP contribution is 2.34. The van der Waals surface area contributed by atoms with Gasteiger partial charge in [-0.1, -0.05) is 0 Å². The number of halogens is 3. The molecule has 0 unspecified atom stereocenters. The van der Waals surface area contributed by atoms with E-state index in [-0.39, 0.29) is 36.5 Å². The number of rotatable bonds is 6. The van der Waals surface area contributed by atoms with E-state index in [0.717, 1.165) is 12.1 Å². The molecule has 1 heterocycles. The van der Waals surface area contributed by atoms with Gasteiger partial charge in [0.15, 0.2) is 0 Å². The predicted octanol–water partition coefficient (Wildman–Crippen LogP) is 2.40. The highest BCUT2D eigenvalue weighted by molar-refractivity contribution is 5.79. The summed E-state index contributed by atoms with van der Waals surface area (Å²) in [4.78, 5) is 35.2. The summed E-state index contributed by atoms with van der Waals surface area (Å²) in [6, 6.07) is 2.24. The maximum Gasteiger partial charge on any atom is 0.416 e. The first-order valence-corrected chi connectivity index (χ1v) is 8.72. The van der Waals surface area contributed by atoms with Crippen LogP contribution in [0.1, 0.15) is 25.3 Å². The fraction of sp³-hybridized carbons (Fsp3) is 0.529. The van der Waals surface area contributed by atoms with Crippen LogP contribution in [0.15, 0.2) is 18.2 Å². The van der Waals surface area contributed by atoms with Crippen LogP contribution in [-0.2, 0) is 15.8 Å². The zero-order chi connectivity index (χ0) is 20.9. The van der Waals surface area contributed by atoms with E-state index in [0.29, 0.717) is 32.0 Å². The minimum absolute atomic E-state index is 0.0267. The van der Waals surface area contributed by atoms with Crippen LogP contribution in [0.2, 0.25) is 0 Å². The number of hydrogen-bond acceptors (Lipinski definition) is 5. The Labute approximate surface area is 159 Å². The molecule has 0 atom stereocenters. The third kappa shape index (κ3) is 5.57. The first kappa shape index (κ1) is 21.5. The minimum atomic E-state index is -4.67. The number of nitro benzene ring substituents is 1. The Morgan fingerprint density at radius 3 is 2.43 bits per heavy atom. The van der Waals surface area contributed by atoms with E-state index < -0.39 is 22.4 Å². The first-order valence-electron chi connectivity index (χ1n) is 8.72. The summed E-state index contributed by atoms with van der Waals surface area (Å²) in [5.41, 5.74) is -1.84. The lowest BCUT2D eigenvalue weighted by atomic mass is 9.96. The van der Waals surface area contributed by atoms with Crippen molar-refractivity contribution in [3.8, 4) is 0 Å². The molecule has 1 aromatic carbocycles. The van der Waals surface area contributed by atoms with Crippen LogP contribution in [0.4, 0.5) is 24.5 Å². The Bertz CT molecular complexity index is 746. The molecule has 1 fully saturated rings. The second-order valence-corrected chi connectivity index (χ2v) is 6.48. The Morgan fingerprint density at radius 1 is 1.25 bits per heavy atom. The van der Waals surface area contributed by atoms with Crippen LogP contribution in [0.3, 0.4) is 0 Å². The van der Waals surface area contributed by atoms with Crippen LogP contribution in [0.25, 0.3) is 0 Å². The molecule has 8 nitrogen and oxygen atoms in total. The summed E-state index contributed by atoms with van der Waals surface area (Å²) in [5.74, 6) is -0.413. The molecule has 0 aliphatic carbocycles.